The van der Waals surface area contributed by atoms with Crippen LogP contribution in [0.3, 0.4) is 0 Å². The normalized spacial score (nSPS) is 15.3. The van der Waals surface area contributed by atoms with Crippen LogP contribution >= 0.6 is 0 Å². The van der Waals surface area contributed by atoms with Gasteiger partial charge in [-0.25, -0.2) is 19.6 Å². The summed E-state index contributed by atoms with van der Waals surface area (Å²) in [5.74, 6) is -0.590. The van der Waals surface area contributed by atoms with Crippen LogP contribution in [0.15, 0.2) is 48.7 Å². The maximum atomic E-state index is 13.2. The topological polar surface area (TPSA) is 152 Å². The van der Waals surface area contributed by atoms with Crippen LogP contribution in [0.1, 0.15) is 60.8 Å². The molecule has 4 amide bonds. The Labute approximate surface area is 258 Å². The summed E-state index contributed by atoms with van der Waals surface area (Å²) >= 11 is 0. The molecule has 0 radical (unpaired) electrons. The van der Waals surface area contributed by atoms with Crippen molar-refractivity contribution in [2.24, 2.45) is 0 Å². The van der Waals surface area contributed by atoms with Gasteiger partial charge in [-0.1, -0.05) is 24.3 Å². The zero-order valence-corrected chi connectivity index (χ0v) is 25.4. The first-order valence-corrected chi connectivity index (χ1v) is 14.3. The molecule has 0 bridgehead atoms. The summed E-state index contributed by atoms with van der Waals surface area (Å²) in [5.41, 5.74) is 6.15. The number of nitrogens with zero attached hydrogens (tertiary/aromatic N) is 3. The third kappa shape index (κ3) is 9.06. The number of nitrogen functional groups attached to an aromatic ring is 1. The standard InChI is InChI=1S/C31H36F3N7O4/c1-18-10-11-21(14-23(18)31(32,33)34)39-28(43)37-15-19-7-5-8-20(13-19)24-16-36-26(35)25(40-24)27(42)38-22-9-6-12-41(17-22)29(44)45-30(2,3)4/h5,7-8,10-11,13-14,16,22H,6,9,12,15,17H2,1-4H3,(H2,35,36)(H,38,42)(H2,37,39,43). The Kier molecular flexibility index (Phi) is 9.84. The zero-order chi connectivity index (χ0) is 32.9. The monoisotopic (exact) mass is 627 g/mol. The number of rotatable bonds is 6. The van der Waals surface area contributed by atoms with E-state index >= 15 is 0 Å². The fraction of sp³-hybridized carbons (Fsp3) is 0.387. The van der Waals surface area contributed by atoms with Gasteiger partial charge >= 0.3 is 18.3 Å². The Hall–Kier alpha value is -4.88. The van der Waals surface area contributed by atoms with Gasteiger partial charge < -0.3 is 31.3 Å². The van der Waals surface area contributed by atoms with Crippen molar-refractivity contribution in [3.8, 4) is 11.3 Å². The van der Waals surface area contributed by atoms with E-state index in [1.165, 1.54) is 25.3 Å². The predicted octanol–water partition coefficient (Wildman–Crippen LogP) is 5.50. The minimum absolute atomic E-state index is 0.00732. The number of likely N-dealkylation sites (tertiary alicyclic amines) is 1. The van der Waals surface area contributed by atoms with Gasteiger partial charge in [0.25, 0.3) is 5.91 Å². The number of ether oxygens (including phenoxy) is 1. The van der Waals surface area contributed by atoms with E-state index in [9.17, 15) is 27.6 Å². The summed E-state index contributed by atoms with van der Waals surface area (Å²) in [6.07, 6.45) is -2.22. The first-order chi connectivity index (χ1) is 21.1. The number of carbonyl (C=O) groups is 3. The second-order valence-corrected chi connectivity index (χ2v) is 11.8. The first-order valence-electron chi connectivity index (χ1n) is 14.3. The molecule has 11 nitrogen and oxygen atoms in total. The Balaban J connectivity index is 1.39. The van der Waals surface area contributed by atoms with Crippen LogP contribution < -0.4 is 21.7 Å². The number of hydrogen-bond acceptors (Lipinski definition) is 7. The molecule has 3 aromatic rings. The quantitative estimate of drug-likeness (QED) is 0.282. The highest BCUT2D eigenvalue weighted by atomic mass is 19.4. The smallest absolute Gasteiger partial charge is 0.416 e. The van der Waals surface area contributed by atoms with Crippen molar-refractivity contribution in [2.75, 3.05) is 24.1 Å². The number of halogens is 3. The second-order valence-electron chi connectivity index (χ2n) is 11.8. The largest absolute Gasteiger partial charge is 0.444 e. The van der Waals surface area contributed by atoms with Crippen molar-refractivity contribution in [1.82, 2.24) is 25.5 Å². The number of aryl methyl sites for hydroxylation is 1. The highest BCUT2D eigenvalue weighted by molar-refractivity contribution is 5.97. The third-order valence-electron chi connectivity index (χ3n) is 6.90. The molecule has 0 aliphatic carbocycles. The Morgan fingerprint density at radius 2 is 1.87 bits per heavy atom. The van der Waals surface area contributed by atoms with Gasteiger partial charge in [0.15, 0.2) is 11.5 Å². The second kappa shape index (κ2) is 13.4. The summed E-state index contributed by atoms with van der Waals surface area (Å²) in [6.45, 7) is 7.58. The molecule has 2 heterocycles. The Bertz CT molecular complexity index is 1570. The molecule has 240 valence electrons. The number of benzene rings is 2. The highest BCUT2D eigenvalue weighted by Gasteiger charge is 2.33. The molecule has 1 aromatic heterocycles. The van der Waals surface area contributed by atoms with Crippen LogP contribution in [-0.2, 0) is 17.5 Å². The number of anilines is 2. The van der Waals surface area contributed by atoms with E-state index in [2.05, 4.69) is 25.9 Å². The van der Waals surface area contributed by atoms with Crippen LogP contribution in [0, 0.1) is 6.92 Å². The lowest BCUT2D eigenvalue weighted by Gasteiger charge is -2.34. The van der Waals surface area contributed by atoms with Crippen LogP contribution in [0.2, 0.25) is 0 Å². The first kappa shape index (κ1) is 33.0. The lowest BCUT2D eigenvalue weighted by atomic mass is 10.1. The van der Waals surface area contributed by atoms with Gasteiger partial charge in [0.2, 0.25) is 0 Å². The lowest BCUT2D eigenvalue weighted by Crippen LogP contribution is -2.50. The van der Waals surface area contributed by atoms with Crippen molar-refractivity contribution in [3.05, 3.63) is 71.0 Å². The molecule has 0 saturated carbocycles. The molecule has 1 aliphatic heterocycles. The summed E-state index contributed by atoms with van der Waals surface area (Å²) in [4.78, 5) is 48.2. The number of hydrogen-bond donors (Lipinski definition) is 4. The molecule has 1 unspecified atom stereocenters. The van der Waals surface area contributed by atoms with Gasteiger partial charge in [0.1, 0.15) is 5.60 Å². The van der Waals surface area contributed by atoms with Crippen molar-refractivity contribution >= 4 is 29.5 Å². The van der Waals surface area contributed by atoms with E-state index in [-0.39, 0.29) is 41.9 Å². The van der Waals surface area contributed by atoms with E-state index in [4.69, 9.17) is 10.5 Å². The summed E-state index contributed by atoms with van der Waals surface area (Å²) in [5, 5.41) is 7.93. The number of carbonyl (C=O) groups excluding carboxylic acids is 3. The van der Waals surface area contributed by atoms with E-state index in [1.807, 2.05) is 0 Å². The molecule has 1 aliphatic rings. The van der Waals surface area contributed by atoms with Gasteiger partial charge in [-0.3, -0.25) is 4.79 Å². The van der Waals surface area contributed by atoms with Crippen LogP contribution in [0.4, 0.5) is 34.3 Å². The number of aromatic nitrogens is 2. The molecule has 45 heavy (non-hydrogen) atoms. The number of urea groups is 1. The summed E-state index contributed by atoms with van der Waals surface area (Å²) in [6, 6.07) is 9.50. The molecule has 1 saturated heterocycles. The lowest BCUT2D eigenvalue weighted by molar-refractivity contribution is -0.138. The van der Waals surface area contributed by atoms with Crippen LogP contribution in [0.5, 0.6) is 0 Å². The molecular weight excluding hydrogens is 591 g/mol. The number of alkyl halides is 3. The van der Waals surface area contributed by atoms with Gasteiger partial charge in [0.05, 0.1) is 17.5 Å². The molecule has 5 N–H and O–H groups in total. The van der Waals surface area contributed by atoms with E-state index in [0.29, 0.717) is 36.2 Å². The van der Waals surface area contributed by atoms with Gasteiger partial charge in [-0.2, -0.15) is 13.2 Å². The van der Waals surface area contributed by atoms with Crippen molar-refractivity contribution in [3.63, 3.8) is 0 Å². The minimum Gasteiger partial charge on any atom is -0.444 e. The molecule has 0 spiro atoms. The fourth-order valence-corrected chi connectivity index (χ4v) is 4.75. The average molecular weight is 628 g/mol. The van der Waals surface area contributed by atoms with Crippen LogP contribution in [-0.4, -0.2) is 57.6 Å². The van der Waals surface area contributed by atoms with E-state index in [0.717, 1.165) is 6.07 Å². The maximum absolute atomic E-state index is 13.2. The molecule has 1 fully saturated rings. The summed E-state index contributed by atoms with van der Waals surface area (Å²) < 4.78 is 45.1. The third-order valence-corrected chi connectivity index (χ3v) is 6.90. The van der Waals surface area contributed by atoms with Crippen LogP contribution in [0.25, 0.3) is 11.3 Å². The van der Waals surface area contributed by atoms with Gasteiger partial charge in [-0.05, 0) is 69.9 Å². The molecule has 14 heteroatoms. The molecule has 2 aromatic carbocycles. The SMILES string of the molecule is Cc1ccc(NC(=O)NCc2cccc(-c3cnc(N)c(C(=O)NC4CCCN(C(=O)OC(C)(C)C)C4)n3)c2)cc1C(F)(F)F. The number of nitrogens with one attached hydrogen (secondary N) is 3. The predicted molar refractivity (Wildman–Crippen MR) is 162 cm³/mol. The number of nitrogens with two attached hydrogens (primary N) is 1. The molecule has 1 atom stereocenters. The minimum atomic E-state index is -4.54. The number of piperidine rings is 1. The Morgan fingerprint density at radius 1 is 1.11 bits per heavy atom. The van der Waals surface area contributed by atoms with Gasteiger partial charge in [-0.15, -0.1) is 0 Å². The Morgan fingerprint density at radius 3 is 2.58 bits per heavy atom. The highest BCUT2D eigenvalue weighted by Crippen LogP contribution is 2.33. The average Bonchev–Trinajstić information content (AvgIpc) is 2.96. The van der Waals surface area contributed by atoms with Gasteiger partial charge in [0, 0.05) is 36.9 Å². The molecular formula is C31H36F3N7O4. The maximum Gasteiger partial charge on any atom is 0.416 e. The molecule has 4 rings (SSSR count). The number of amides is 4. The van der Waals surface area contributed by atoms with Crippen molar-refractivity contribution < 1.29 is 32.3 Å². The summed E-state index contributed by atoms with van der Waals surface area (Å²) in [7, 11) is 0. The van der Waals surface area contributed by atoms with E-state index < -0.39 is 35.4 Å². The fourth-order valence-electron chi connectivity index (χ4n) is 4.75. The zero-order valence-electron chi connectivity index (χ0n) is 25.4. The van der Waals surface area contributed by atoms with Crippen molar-refractivity contribution in [1.29, 1.82) is 0 Å². The van der Waals surface area contributed by atoms with E-state index in [1.54, 1.807) is 49.9 Å². The van der Waals surface area contributed by atoms with Crippen molar-refractivity contribution in [2.45, 2.75) is 64.9 Å².